The lowest BCUT2D eigenvalue weighted by Crippen LogP contribution is -2.08. The molecular weight excluding hydrogens is 184 g/mol. The lowest BCUT2D eigenvalue weighted by atomic mass is 10.3. The maximum atomic E-state index is 8.78. The van der Waals surface area contributed by atoms with E-state index in [1.165, 1.54) is 4.79 Å². The van der Waals surface area contributed by atoms with Gasteiger partial charge in [0.15, 0.2) is 0 Å². The van der Waals surface area contributed by atoms with Gasteiger partial charge < -0.3 is 16.7 Å². The van der Waals surface area contributed by atoms with Crippen molar-refractivity contribution in [1.29, 1.82) is 0 Å². The van der Waals surface area contributed by atoms with E-state index in [-0.39, 0.29) is 0 Å². The molecule has 0 aliphatic carbocycles. The fraction of sp³-hybridized carbons (Fsp3) is 0. The van der Waals surface area contributed by atoms with Crippen molar-refractivity contribution < 1.29 is 9.90 Å². The highest BCUT2D eigenvalue weighted by atomic mass is 16.4. The number of para-hydroxylation sites is 1. The number of carboxylic acid groups (broad SMARTS) is 1. The van der Waals surface area contributed by atoms with Crippen LogP contribution in [0.1, 0.15) is 0 Å². The van der Waals surface area contributed by atoms with Crippen LogP contribution in [0.15, 0.2) is 30.5 Å². The number of hydrogen-bond acceptors (Lipinski definition) is 3. The lowest BCUT2D eigenvalue weighted by Gasteiger charge is -1.90. The monoisotopic (exact) mass is 194 g/mol. The summed E-state index contributed by atoms with van der Waals surface area (Å²) in [6, 6.07) is 7.81. The van der Waals surface area contributed by atoms with Crippen LogP contribution in [0.5, 0.6) is 0 Å². The van der Waals surface area contributed by atoms with Gasteiger partial charge in [0, 0.05) is 5.39 Å². The second-order valence-electron chi connectivity index (χ2n) is 2.49. The summed E-state index contributed by atoms with van der Waals surface area (Å²) < 4.78 is 0. The van der Waals surface area contributed by atoms with E-state index in [4.69, 9.17) is 15.7 Å². The van der Waals surface area contributed by atoms with Crippen LogP contribution < -0.4 is 11.6 Å². The molecule has 5 N–H and O–H groups in total. The molecule has 0 saturated carbocycles. The number of benzene rings is 1. The first-order valence-corrected chi connectivity index (χ1v) is 3.77. The molecule has 2 rings (SSSR count). The molecule has 0 atom stereocenters. The van der Waals surface area contributed by atoms with Crippen molar-refractivity contribution in [2.45, 2.75) is 0 Å². The molecule has 0 unspecified atom stereocenters. The number of nitrogens with two attached hydrogens (primary N) is 2. The standard InChI is InChI=1S/C7H7N3.CH3NO2/c8-10-7-4-2-1-3-6(7)5-9-10;2-1(3)4/h1-5H,8H2;2H2,(H,3,4). The molecule has 1 aromatic carbocycles. The van der Waals surface area contributed by atoms with Crippen LogP contribution in [0.2, 0.25) is 0 Å². The number of nitrogens with zero attached hydrogens (tertiary/aromatic N) is 2. The molecule has 6 heteroatoms. The molecule has 0 fully saturated rings. The number of fused-ring (bicyclic) bond motifs is 1. The van der Waals surface area contributed by atoms with Gasteiger partial charge in [-0.25, -0.2) is 4.79 Å². The molecular formula is C8H10N4O2. The molecule has 0 aliphatic heterocycles. The zero-order valence-electron chi connectivity index (χ0n) is 7.29. The maximum absolute atomic E-state index is 8.78. The highest BCUT2D eigenvalue weighted by molar-refractivity contribution is 5.78. The summed E-state index contributed by atoms with van der Waals surface area (Å²) in [4.78, 5) is 10.1. The van der Waals surface area contributed by atoms with Crippen LogP contribution in [0, 0.1) is 0 Å². The third kappa shape index (κ3) is 2.37. The average molecular weight is 194 g/mol. The van der Waals surface area contributed by atoms with Crippen LogP contribution in [-0.2, 0) is 0 Å². The normalized spacial score (nSPS) is 9.14. The molecule has 0 saturated heterocycles. The summed E-state index contributed by atoms with van der Waals surface area (Å²) in [5, 5.41) is 12.2. The number of carbonyl (C=O) groups is 1. The SMILES string of the molecule is NC(=O)O.Nn1ncc2ccccc21. The van der Waals surface area contributed by atoms with Crippen LogP contribution in [0.4, 0.5) is 4.79 Å². The van der Waals surface area contributed by atoms with E-state index in [1.807, 2.05) is 24.3 Å². The Kier molecular flexibility index (Phi) is 2.90. The Labute approximate surface area is 79.7 Å². The fourth-order valence-electron chi connectivity index (χ4n) is 0.992. The van der Waals surface area contributed by atoms with E-state index >= 15 is 0 Å². The zero-order chi connectivity index (χ0) is 10.6. The first kappa shape index (κ1) is 9.85. The fourth-order valence-corrected chi connectivity index (χ4v) is 0.992. The summed E-state index contributed by atoms with van der Waals surface area (Å²) in [6.07, 6.45) is 0.412. The van der Waals surface area contributed by atoms with Crippen molar-refractivity contribution in [2.24, 2.45) is 5.73 Å². The number of hydrogen-bond donors (Lipinski definition) is 3. The van der Waals surface area contributed by atoms with Crippen LogP contribution in [0.25, 0.3) is 10.9 Å². The largest absolute Gasteiger partial charge is 0.465 e. The van der Waals surface area contributed by atoms with Crippen molar-refractivity contribution >= 4 is 17.0 Å². The topological polar surface area (TPSA) is 107 Å². The quantitative estimate of drug-likeness (QED) is 0.526. The van der Waals surface area contributed by atoms with Gasteiger partial charge >= 0.3 is 6.09 Å². The second-order valence-corrected chi connectivity index (χ2v) is 2.49. The van der Waals surface area contributed by atoms with Gasteiger partial charge in [0.2, 0.25) is 0 Å². The lowest BCUT2D eigenvalue weighted by molar-refractivity contribution is 0.205. The minimum absolute atomic E-state index is 0.961. The Balaban J connectivity index is 0.000000213. The van der Waals surface area contributed by atoms with Crippen LogP contribution in [0.3, 0.4) is 0 Å². The Morgan fingerprint density at radius 1 is 1.43 bits per heavy atom. The van der Waals surface area contributed by atoms with E-state index in [0.29, 0.717) is 0 Å². The van der Waals surface area contributed by atoms with Gasteiger partial charge in [0.1, 0.15) is 0 Å². The molecule has 0 aliphatic rings. The Morgan fingerprint density at radius 2 is 2.00 bits per heavy atom. The minimum Gasteiger partial charge on any atom is -0.465 e. The Bertz CT molecular complexity index is 434. The molecule has 74 valence electrons. The molecule has 1 amide bonds. The van der Waals surface area contributed by atoms with Gasteiger partial charge in [-0.3, -0.25) is 0 Å². The van der Waals surface area contributed by atoms with Gasteiger partial charge in [-0.15, -0.1) is 0 Å². The molecule has 6 nitrogen and oxygen atoms in total. The summed E-state index contributed by atoms with van der Waals surface area (Å²) in [7, 11) is 0. The smallest absolute Gasteiger partial charge is 0.402 e. The summed E-state index contributed by atoms with van der Waals surface area (Å²) >= 11 is 0. The van der Waals surface area contributed by atoms with Crippen molar-refractivity contribution in [3.05, 3.63) is 30.5 Å². The summed E-state index contributed by atoms with van der Waals surface area (Å²) in [5.41, 5.74) is 4.99. The number of rotatable bonds is 0. The summed E-state index contributed by atoms with van der Waals surface area (Å²) in [5.74, 6) is 5.48. The van der Waals surface area contributed by atoms with E-state index in [9.17, 15) is 0 Å². The van der Waals surface area contributed by atoms with Crippen molar-refractivity contribution in [1.82, 2.24) is 9.89 Å². The van der Waals surface area contributed by atoms with Gasteiger partial charge in [0.25, 0.3) is 0 Å². The second kappa shape index (κ2) is 4.13. The van der Waals surface area contributed by atoms with Crippen molar-refractivity contribution in [3.63, 3.8) is 0 Å². The average Bonchev–Trinajstić information content (AvgIpc) is 2.48. The van der Waals surface area contributed by atoms with E-state index in [1.54, 1.807) is 6.20 Å². The predicted molar refractivity (Wildman–Crippen MR) is 52.1 cm³/mol. The van der Waals surface area contributed by atoms with Gasteiger partial charge in [-0.2, -0.15) is 9.89 Å². The number of nitrogen functional groups attached to an aromatic ring is 1. The number of amides is 1. The third-order valence-corrected chi connectivity index (χ3v) is 1.50. The van der Waals surface area contributed by atoms with E-state index in [0.717, 1.165) is 10.9 Å². The molecule has 2 aromatic rings. The van der Waals surface area contributed by atoms with Crippen molar-refractivity contribution in [3.8, 4) is 0 Å². The number of aromatic nitrogens is 2. The van der Waals surface area contributed by atoms with E-state index in [2.05, 4.69) is 10.8 Å². The Hall–Kier alpha value is -2.24. The van der Waals surface area contributed by atoms with Gasteiger partial charge in [0.05, 0.1) is 11.7 Å². The first-order chi connectivity index (χ1) is 6.61. The predicted octanol–water partition coefficient (Wildman–Crippen LogP) is 0.373. The third-order valence-electron chi connectivity index (χ3n) is 1.50. The first-order valence-electron chi connectivity index (χ1n) is 3.77. The molecule has 0 spiro atoms. The molecule has 14 heavy (non-hydrogen) atoms. The highest BCUT2D eigenvalue weighted by Crippen LogP contribution is 2.08. The minimum atomic E-state index is -1.33. The van der Waals surface area contributed by atoms with Crippen molar-refractivity contribution in [2.75, 3.05) is 5.84 Å². The number of primary amides is 1. The molecule has 1 heterocycles. The highest BCUT2D eigenvalue weighted by Gasteiger charge is 1.94. The van der Waals surface area contributed by atoms with Gasteiger partial charge in [-0.1, -0.05) is 18.2 Å². The van der Waals surface area contributed by atoms with Gasteiger partial charge in [-0.05, 0) is 6.07 Å². The van der Waals surface area contributed by atoms with E-state index < -0.39 is 6.09 Å². The molecule has 0 radical (unpaired) electrons. The van der Waals surface area contributed by atoms with Crippen LogP contribution >= 0.6 is 0 Å². The maximum Gasteiger partial charge on any atom is 0.402 e. The molecule has 1 aromatic heterocycles. The van der Waals surface area contributed by atoms with Crippen LogP contribution in [-0.4, -0.2) is 21.1 Å². The Morgan fingerprint density at radius 3 is 2.57 bits per heavy atom. The zero-order valence-corrected chi connectivity index (χ0v) is 7.29. The molecule has 0 bridgehead atoms. The summed E-state index contributed by atoms with van der Waals surface area (Å²) in [6.45, 7) is 0.